The van der Waals surface area contributed by atoms with Crippen molar-refractivity contribution >= 4 is 23.6 Å². The lowest BCUT2D eigenvalue weighted by molar-refractivity contribution is -0.136. The van der Waals surface area contributed by atoms with Gasteiger partial charge < -0.3 is 19.1 Å². The molecule has 0 radical (unpaired) electrons. The molecule has 0 aliphatic carbocycles. The quantitative estimate of drug-likeness (QED) is 0.475. The summed E-state index contributed by atoms with van der Waals surface area (Å²) in [5.41, 5.74) is 3.14. The van der Waals surface area contributed by atoms with E-state index in [0.717, 1.165) is 35.4 Å². The minimum atomic E-state index is -0.495. The van der Waals surface area contributed by atoms with Crippen LogP contribution in [0.15, 0.2) is 55.1 Å². The molecule has 1 aromatic carbocycles. The lowest BCUT2D eigenvalue weighted by atomic mass is 9.72. The highest BCUT2D eigenvalue weighted by atomic mass is 35.5. The van der Waals surface area contributed by atoms with Gasteiger partial charge >= 0.3 is 6.09 Å². The molecule has 8 nitrogen and oxygen atoms in total. The number of benzene rings is 1. The van der Waals surface area contributed by atoms with Gasteiger partial charge in [-0.05, 0) is 57.9 Å². The Morgan fingerprint density at radius 1 is 0.973 bits per heavy atom. The zero-order chi connectivity index (χ0) is 26.2. The minimum Gasteiger partial charge on any atom is -0.444 e. The molecule has 4 heterocycles. The molecule has 0 N–H and O–H groups in total. The molecule has 0 bridgehead atoms. The Hall–Kier alpha value is -3.39. The van der Waals surface area contributed by atoms with Gasteiger partial charge in [-0.3, -0.25) is 9.78 Å². The Bertz CT molecular complexity index is 1270. The molecule has 9 heteroatoms. The maximum atomic E-state index is 13.4. The van der Waals surface area contributed by atoms with Crippen LogP contribution < -0.4 is 0 Å². The molecule has 0 atom stereocenters. The van der Waals surface area contributed by atoms with Gasteiger partial charge in [-0.25, -0.2) is 9.78 Å². The second-order valence-corrected chi connectivity index (χ2v) is 11.5. The molecule has 2 aliphatic heterocycles. The lowest BCUT2D eigenvalue weighted by Gasteiger charge is -2.53. The van der Waals surface area contributed by atoms with E-state index < -0.39 is 5.60 Å². The standard InChI is InChI=1S/C28H32ClN5O3/c1-27(2,3)37-26(36)34-17-28(18-34)10-14-32(15-11-28)23(35)16-33-19-31-24(20-4-6-22(29)7-5-20)25(33)21-8-12-30-13-9-21/h4-9,12-13,19H,10-11,14-18H2,1-3H3. The van der Waals surface area contributed by atoms with Crippen molar-refractivity contribution in [2.24, 2.45) is 5.41 Å². The Morgan fingerprint density at radius 2 is 1.62 bits per heavy atom. The highest BCUT2D eigenvalue weighted by Gasteiger charge is 2.48. The lowest BCUT2D eigenvalue weighted by Crippen LogP contribution is -2.62. The summed E-state index contributed by atoms with van der Waals surface area (Å²) in [7, 11) is 0. The van der Waals surface area contributed by atoms with E-state index in [2.05, 4.69) is 9.97 Å². The molecule has 2 aliphatic rings. The molecule has 1 spiro atoms. The molecule has 5 rings (SSSR count). The van der Waals surface area contributed by atoms with Crippen LogP contribution in [0.25, 0.3) is 22.5 Å². The van der Waals surface area contributed by atoms with Crippen molar-refractivity contribution in [2.45, 2.75) is 45.8 Å². The molecule has 3 aromatic rings. The number of aromatic nitrogens is 3. The number of carbonyl (C=O) groups is 2. The zero-order valence-electron chi connectivity index (χ0n) is 21.5. The van der Waals surface area contributed by atoms with E-state index in [1.807, 2.05) is 66.6 Å². The van der Waals surface area contributed by atoms with E-state index in [4.69, 9.17) is 16.3 Å². The van der Waals surface area contributed by atoms with Gasteiger partial charge in [-0.2, -0.15) is 0 Å². The number of hydrogen-bond acceptors (Lipinski definition) is 5. The van der Waals surface area contributed by atoms with E-state index in [1.54, 1.807) is 23.6 Å². The van der Waals surface area contributed by atoms with Crippen LogP contribution in [0.3, 0.4) is 0 Å². The summed E-state index contributed by atoms with van der Waals surface area (Å²) in [4.78, 5) is 38.2. The number of nitrogens with zero attached hydrogens (tertiary/aromatic N) is 5. The summed E-state index contributed by atoms with van der Waals surface area (Å²) < 4.78 is 7.41. The molecule has 2 aromatic heterocycles. The molecule has 2 amide bonds. The van der Waals surface area contributed by atoms with Crippen LogP contribution in [-0.4, -0.2) is 68.1 Å². The van der Waals surface area contributed by atoms with Crippen LogP contribution in [0.1, 0.15) is 33.6 Å². The van der Waals surface area contributed by atoms with Gasteiger partial charge in [0.25, 0.3) is 0 Å². The summed E-state index contributed by atoms with van der Waals surface area (Å²) in [6.45, 7) is 8.60. The van der Waals surface area contributed by atoms with Crippen molar-refractivity contribution in [3.05, 3.63) is 60.1 Å². The van der Waals surface area contributed by atoms with Crippen LogP contribution in [0.5, 0.6) is 0 Å². The fourth-order valence-corrected chi connectivity index (χ4v) is 5.27. The van der Waals surface area contributed by atoms with Crippen LogP contribution in [0.2, 0.25) is 5.02 Å². The van der Waals surface area contributed by atoms with Crippen molar-refractivity contribution in [1.82, 2.24) is 24.3 Å². The second kappa shape index (κ2) is 9.82. The number of amides is 2. The number of rotatable bonds is 4. The second-order valence-electron chi connectivity index (χ2n) is 11.0. The normalized spacial score (nSPS) is 17.0. The summed E-state index contributed by atoms with van der Waals surface area (Å²) in [5, 5.41) is 0.660. The number of ether oxygens (including phenoxy) is 1. The monoisotopic (exact) mass is 521 g/mol. The Morgan fingerprint density at radius 3 is 2.24 bits per heavy atom. The smallest absolute Gasteiger partial charge is 0.410 e. The molecular formula is C28H32ClN5O3. The molecule has 2 fully saturated rings. The van der Waals surface area contributed by atoms with Gasteiger partial charge in [-0.1, -0.05) is 23.7 Å². The van der Waals surface area contributed by atoms with Crippen LogP contribution in [0, 0.1) is 5.41 Å². The first kappa shape index (κ1) is 25.3. The van der Waals surface area contributed by atoms with Gasteiger partial charge in [0, 0.05) is 60.1 Å². The highest BCUT2D eigenvalue weighted by molar-refractivity contribution is 6.30. The highest BCUT2D eigenvalue weighted by Crippen LogP contribution is 2.41. The van der Waals surface area contributed by atoms with E-state index in [1.165, 1.54) is 0 Å². The van der Waals surface area contributed by atoms with Gasteiger partial charge in [0.15, 0.2) is 0 Å². The first-order chi connectivity index (χ1) is 17.6. The third-order valence-corrected chi connectivity index (χ3v) is 7.35. The number of carbonyl (C=O) groups excluding carboxylic acids is 2. The van der Waals surface area contributed by atoms with E-state index >= 15 is 0 Å². The Balaban J connectivity index is 1.26. The summed E-state index contributed by atoms with van der Waals surface area (Å²) in [6, 6.07) is 11.4. The van der Waals surface area contributed by atoms with Crippen molar-refractivity contribution in [2.75, 3.05) is 26.2 Å². The van der Waals surface area contributed by atoms with E-state index in [9.17, 15) is 9.59 Å². The van der Waals surface area contributed by atoms with Crippen molar-refractivity contribution in [3.8, 4) is 22.5 Å². The molecule has 37 heavy (non-hydrogen) atoms. The van der Waals surface area contributed by atoms with Crippen LogP contribution in [0.4, 0.5) is 4.79 Å². The van der Waals surface area contributed by atoms with Gasteiger partial charge in [0.2, 0.25) is 5.91 Å². The summed E-state index contributed by atoms with van der Waals surface area (Å²) in [6.07, 6.45) is 6.72. The zero-order valence-corrected chi connectivity index (χ0v) is 22.2. The Kier molecular flexibility index (Phi) is 6.70. The number of imidazole rings is 1. The SMILES string of the molecule is CC(C)(C)OC(=O)N1CC2(CCN(C(=O)Cn3cnc(-c4ccc(Cl)cc4)c3-c3ccncc3)CC2)C1. The van der Waals surface area contributed by atoms with Gasteiger partial charge in [-0.15, -0.1) is 0 Å². The number of halogens is 1. The van der Waals surface area contributed by atoms with Gasteiger partial charge in [0.1, 0.15) is 12.1 Å². The van der Waals surface area contributed by atoms with Crippen molar-refractivity contribution in [1.29, 1.82) is 0 Å². The Labute approximate surface area is 222 Å². The average molecular weight is 522 g/mol. The maximum absolute atomic E-state index is 13.4. The number of hydrogen-bond donors (Lipinski definition) is 0. The third kappa shape index (κ3) is 5.49. The van der Waals surface area contributed by atoms with Crippen LogP contribution >= 0.6 is 11.6 Å². The molecule has 0 unspecified atom stereocenters. The average Bonchev–Trinajstić information content (AvgIpc) is 3.26. The number of likely N-dealkylation sites (tertiary alicyclic amines) is 2. The first-order valence-electron chi connectivity index (χ1n) is 12.6. The van der Waals surface area contributed by atoms with E-state index in [0.29, 0.717) is 31.2 Å². The summed E-state index contributed by atoms with van der Waals surface area (Å²) >= 11 is 6.09. The number of piperidine rings is 1. The predicted molar refractivity (Wildman–Crippen MR) is 142 cm³/mol. The topological polar surface area (TPSA) is 80.6 Å². The fraction of sp³-hybridized carbons (Fsp3) is 0.429. The van der Waals surface area contributed by atoms with Crippen molar-refractivity contribution < 1.29 is 14.3 Å². The molecule has 194 valence electrons. The molecule has 0 saturated carbocycles. The van der Waals surface area contributed by atoms with E-state index in [-0.39, 0.29) is 24.0 Å². The maximum Gasteiger partial charge on any atom is 0.410 e. The van der Waals surface area contributed by atoms with Gasteiger partial charge in [0.05, 0.1) is 17.7 Å². The van der Waals surface area contributed by atoms with Crippen LogP contribution in [-0.2, 0) is 16.1 Å². The minimum absolute atomic E-state index is 0.0635. The molecule has 2 saturated heterocycles. The third-order valence-electron chi connectivity index (χ3n) is 7.10. The van der Waals surface area contributed by atoms with Crippen molar-refractivity contribution in [3.63, 3.8) is 0 Å². The number of pyridine rings is 1. The molecular weight excluding hydrogens is 490 g/mol. The predicted octanol–water partition coefficient (Wildman–Crippen LogP) is 5.13. The fourth-order valence-electron chi connectivity index (χ4n) is 5.14. The largest absolute Gasteiger partial charge is 0.444 e. The first-order valence-corrected chi connectivity index (χ1v) is 13.0. The summed E-state index contributed by atoms with van der Waals surface area (Å²) in [5.74, 6) is 0.0635.